The van der Waals surface area contributed by atoms with Gasteiger partial charge in [-0.1, -0.05) is 50.2 Å². The zero-order valence-electron chi connectivity index (χ0n) is 46.0. The third kappa shape index (κ3) is 23.5. The van der Waals surface area contributed by atoms with Gasteiger partial charge in [0.25, 0.3) is 0 Å². The van der Waals surface area contributed by atoms with E-state index in [9.17, 15) is 48.3 Å². The van der Waals surface area contributed by atoms with E-state index in [2.05, 4.69) is 5.32 Å². The van der Waals surface area contributed by atoms with Gasteiger partial charge in [-0.25, -0.2) is 0 Å². The molecule has 0 spiro atoms. The van der Waals surface area contributed by atoms with Crippen LogP contribution in [0.3, 0.4) is 0 Å². The van der Waals surface area contributed by atoms with Crippen LogP contribution in [0.2, 0.25) is 0 Å². The number of carboxylic acids is 1. The molecule has 2 aromatic carbocycles. The van der Waals surface area contributed by atoms with Crippen molar-refractivity contribution in [2.75, 3.05) is 125 Å². The Morgan fingerprint density at radius 1 is 0.564 bits per heavy atom. The summed E-state index contributed by atoms with van der Waals surface area (Å²) < 4.78 is 11.0. The zero-order chi connectivity index (χ0) is 57.4. The first-order chi connectivity index (χ1) is 37.5. The van der Waals surface area contributed by atoms with Crippen molar-refractivity contribution in [3.8, 4) is 11.5 Å². The van der Waals surface area contributed by atoms with Gasteiger partial charge in [-0.15, -0.1) is 0 Å². The Bertz CT molecular complexity index is 2220. The predicted octanol–water partition coefficient (Wildman–Crippen LogP) is -0.0386. The van der Waals surface area contributed by atoms with Crippen molar-refractivity contribution in [1.82, 2.24) is 39.6 Å². The van der Waals surface area contributed by atoms with Gasteiger partial charge in [0.2, 0.25) is 48.1 Å². The number of ether oxygens (including phenoxy) is 2. The number of carboxylic acid groups (broad SMARTS) is 1. The van der Waals surface area contributed by atoms with E-state index in [1.165, 1.54) is 29.4 Å². The van der Waals surface area contributed by atoms with Gasteiger partial charge >= 0.3 is 5.97 Å². The topological polar surface area (TPSA) is 331 Å². The van der Waals surface area contributed by atoms with E-state index in [1.807, 2.05) is 13.8 Å². The molecule has 1 atom stereocenters. The van der Waals surface area contributed by atoms with E-state index < -0.39 is 93.3 Å². The molecule has 10 N–H and O–H groups in total. The third-order valence-corrected chi connectivity index (χ3v) is 12.9. The fourth-order valence-electron chi connectivity index (χ4n) is 8.52. The highest BCUT2D eigenvalue weighted by Gasteiger charge is 2.33. The Balaban J connectivity index is 1.95. The van der Waals surface area contributed by atoms with Gasteiger partial charge in [0.05, 0.1) is 45.3 Å². The van der Waals surface area contributed by atoms with Gasteiger partial charge in [0, 0.05) is 32.7 Å². The smallest absolute Gasteiger partial charge is 0.323 e. The fourth-order valence-corrected chi connectivity index (χ4v) is 8.52. The fraction of sp³-hybridized carbons (Fsp3) is 0.611. The van der Waals surface area contributed by atoms with Gasteiger partial charge in [0.1, 0.15) is 25.9 Å². The van der Waals surface area contributed by atoms with E-state index in [-0.39, 0.29) is 64.4 Å². The van der Waals surface area contributed by atoms with Crippen LogP contribution in [0.1, 0.15) is 89.3 Å². The number of unbranched alkanes of at least 4 members (excludes halogenated alkanes) is 4. The minimum atomic E-state index is -1.35. The Hall–Kier alpha value is -6.73. The van der Waals surface area contributed by atoms with Gasteiger partial charge in [-0.05, 0) is 120 Å². The number of carbonyl (C=O) groups is 9. The molecule has 0 saturated carbocycles. The van der Waals surface area contributed by atoms with E-state index in [1.54, 1.807) is 55.5 Å². The number of nitrogens with one attached hydrogen (secondary N) is 1. The summed E-state index contributed by atoms with van der Waals surface area (Å²) in [4.78, 5) is 132. The molecule has 1 heterocycles. The molecule has 1 unspecified atom stereocenters. The molecule has 2 aromatic rings. The Morgan fingerprint density at radius 3 is 1.59 bits per heavy atom. The molecule has 3 rings (SSSR count). The monoisotopic (exact) mass is 1090 g/mol. The van der Waals surface area contributed by atoms with Crippen LogP contribution in [0, 0.1) is 5.92 Å². The van der Waals surface area contributed by atoms with Gasteiger partial charge in [-0.2, -0.15) is 0 Å². The third-order valence-electron chi connectivity index (χ3n) is 12.9. The molecule has 0 aromatic heterocycles. The maximum absolute atomic E-state index is 14.8. The molecule has 7 amide bonds. The van der Waals surface area contributed by atoms with Gasteiger partial charge in [-0.3, -0.25) is 38.4 Å². The number of nitrogens with zero attached hydrogens (tertiary/aromatic N) is 7. The normalized spacial score (nSPS) is 11.9. The molecule has 0 aliphatic carbocycles. The van der Waals surface area contributed by atoms with E-state index in [4.69, 9.17) is 32.4 Å². The number of hydrogen-bond acceptors (Lipinski definition) is 16. The molecule has 0 bridgehead atoms. The lowest BCUT2D eigenvalue weighted by Gasteiger charge is -2.35. The highest BCUT2D eigenvalue weighted by Crippen LogP contribution is 2.33. The summed E-state index contributed by atoms with van der Waals surface area (Å²) in [6.45, 7) is 3.77. The summed E-state index contributed by atoms with van der Waals surface area (Å²) in [5.41, 5.74) is 24.5. The molecule has 1 aliphatic heterocycles. The van der Waals surface area contributed by atoms with Crippen LogP contribution in [0.25, 0.3) is 0 Å². The number of nitrogens with two attached hydrogens (primary N) is 4. The molecule has 434 valence electrons. The van der Waals surface area contributed by atoms with Crippen LogP contribution in [-0.4, -0.2) is 218 Å². The van der Waals surface area contributed by atoms with Crippen LogP contribution in [0.4, 0.5) is 0 Å². The molecule has 1 aliphatic rings. The summed E-state index contributed by atoms with van der Waals surface area (Å²) in [6, 6.07) is 13.4. The average molecular weight is 1100 g/mol. The van der Waals surface area contributed by atoms with Crippen molar-refractivity contribution < 1.29 is 57.7 Å². The van der Waals surface area contributed by atoms with Crippen molar-refractivity contribution >= 4 is 53.6 Å². The second-order valence-electron chi connectivity index (χ2n) is 19.7. The molecule has 78 heavy (non-hydrogen) atoms. The minimum Gasteiger partial charge on any atom is -0.480 e. The first kappa shape index (κ1) is 65.6. The van der Waals surface area contributed by atoms with Crippen molar-refractivity contribution in [3.05, 3.63) is 59.7 Å². The second-order valence-corrected chi connectivity index (χ2v) is 19.7. The standard InChI is InChI=1S/C54H86N12O12/c1-41(2)31-64(51(72)36-65(47(68)30-59-23-11-7-19-55)32-43-17-18-45-46(29-43)78-40-77-45)35-50(71)60(24-12-8-20-56)33-48(69)62(26-14-10-22-58)37-53(74)66(42(3)44-15-5-4-6-16-44)38-52(73)61(25-13-9-21-57)34-49(70)63(27-28-67)39-54(75)76/h4-6,15-18,28-29,41-42,59H,7-14,19-27,30-40,55-58H2,1-3H3,(H,75,76). The van der Waals surface area contributed by atoms with Crippen molar-refractivity contribution in [2.24, 2.45) is 28.9 Å². The summed E-state index contributed by atoms with van der Waals surface area (Å²) >= 11 is 0. The van der Waals surface area contributed by atoms with Gasteiger partial charge in [0.15, 0.2) is 11.5 Å². The molecule has 0 saturated heterocycles. The van der Waals surface area contributed by atoms with Crippen LogP contribution in [0.5, 0.6) is 11.5 Å². The number of carbonyl (C=O) groups excluding carboxylic acids is 8. The SMILES string of the molecule is CC(C)CN(CC(=O)N(CCCCN)CC(=O)N(CCCCN)CC(=O)N(CC(=O)N(CCCCN)CC(=O)N(CC=O)CC(=O)O)C(C)c1ccccc1)C(=O)CN(Cc1ccc2c(c1)OCO2)C(=O)CNCCCCN. The Morgan fingerprint density at radius 2 is 1.05 bits per heavy atom. The molecule has 0 fully saturated rings. The first-order valence-corrected chi connectivity index (χ1v) is 27.0. The maximum atomic E-state index is 14.8. The second kappa shape index (κ2) is 36.4. The number of aliphatic carboxylic acids is 1. The average Bonchev–Trinajstić information content (AvgIpc) is 3.89. The highest BCUT2D eigenvalue weighted by atomic mass is 16.7. The molecule has 0 radical (unpaired) electrons. The van der Waals surface area contributed by atoms with Crippen LogP contribution in [0.15, 0.2) is 48.5 Å². The zero-order valence-corrected chi connectivity index (χ0v) is 46.0. The quantitative estimate of drug-likeness (QED) is 0.0377. The first-order valence-electron chi connectivity index (χ1n) is 27.0. The predicted molar refractivity (Wildman–Crippen MR) is 292 cm³/mol. The van der Waals surface area contributed by atoms with Crippen LogP contribution >= 0.6 is 0 Å². The number of amides is 7. The summed E-state index contributed by atoms with van der Waals surface area (Å²) in [5.74, 6) is -4.37. The summed E-state index contributed by atoms with van der Waals surface area (Å²) in [6.07, 6.45) is 4.64. The number of benzene rings is 2. The lowest BCUT2D eigenvalue weighted by Crippen LogP contribution is -2.53. The lowest BCUT2D eigenvalue weighted by molar-refractivity contribution is -0.150. The van der Waals surface area contributed by atoms with Crippen LogP contribution < -0.4 is 37.7 Å². The van der Waals surface area contributed by atoms with Crippen molar-refractivity contribution in [3.63, 3.8) is 0 Å². The summed E-state index contributed by atoms with van der Waals surface area (Å²) in [7, 11) is 0. The number of hydrogen-bond donors (Lipinski definition) is 6. The highest BCUT2D eigenvalue weighted by molar-refractivity contribution is 5.93. The van der Waals surface area contributed by atoms with Crippen LogP contribution in [-0.2, 0) is 49.7 Å². The Labute approximate surface area is 459 Å². The lowest BCUT2D eigenvalue weighted by atomic mass is 10.1. The van der Waals surface area contributed by atoms with Crippen molar-refractivity contribution in [2.45, 2.75) is 84.7 Å². The molecular weight excluding hydrogens is 1010 g/mol. The van der Waals surface area contributed by atoms with E-state index in [0.717, 1.165) is 17.7 Å². The van der Waals surface area contributed by atoms with E-state index >= 15 is 0 Å². The summed E-state index contributed by atoms with van der Waals surface area (Å²) in [5, 5.41) is 12.5. The minimum absolute atomic E-state index is 0.0361. The Kier molecular flexibility index (Phi) is 30.6. The van der Waals surface area contributed by atoms with Crippen molar-refractivity contribution in [1.29, 1.82) is 0 Å². The molecule has 24 nitrogen and oxygen atoms in total. The number of aldehydes is 1. The largest absolute Gasteiger partial charge is 0.480 e. The molecule has 24 heteroatoms. The number of rotatable bonds is 40. The van der Waals surface area contributed by atoms with Gasteiger partial charge < -0.3 is 81.9 Å². The molecular formula is C54H86N12O12. The number of fused-ring (bicyclic) bond motifs is 1. The maximum Gasteiger partial charge on any atom is 0.323 e. The van der Waals surface area contributed by atoms with E-state index in [0.29, 0.717) is 100 Å².